The van der Waals surface area contributed by atoms with Gasteiger partial charge in [-0.1, -0.05) is 6.58 Å². The second-order valence-electron chi connectivity index (χ2n) is 3.51. The predicted octanol–water partition coefficient (Wildman–Crippen LogP) is 2.80. The molecule has 0 saturated heterocycles. The number of halogens is 3. The molecule has 0 atom stereocenters. The summed E-state index contributed by atoms with van der Waals surface area (Å²) in [5, 5.41) is 0. The second kappa shape index (κ2) is 4.55. The number of Topliss-reactive ketones (excluding diaryl/α,β-unsaturated/α-hetero) is 1. The third-order valence-electron chi connectivity index (χ3n) is 2.20. The van der Waals surface area contributed by atoms with Gasteiger partial charge in [0, 0.05) is 24.9 Å². The molecule has 0 aliphatic carbocycles. The molecule has 16 heavy (non-hydrogen) atoms. The number of allylic oxidation sites excluding steroid dienone is 3. The Kier molecular flexibility index (Phi) is 3.57. The molecule has 0 aromatic rings. The third kappa shape index (κ3) is 2.98. The van der Waals surface area contributed by atoms with Crippen LogP contribution < -0.4 is 0 Å². The number of alkyl halides is 3. The lowest BCUT2D eigenvalue weighted by Crippen LogP contribution is -2.27. The summed E-state index contributed by atoms with van der Waals surface area (Å²) in [5.74, 6) is -0.0655. The van der Waals surface area contributed by atoms with E-state index in [-0.39, 0.29) is 24.4 Å². The van der Waals surface area contributed by atoms with Gasteiger partial charge in [0.25, 0.3) is 0 Å². The fourth-order valence-corrected chi connectivity index (χ4v) is 1.33. The highest BCUT2D eigenvalue weighted by atomic mass is 19.4. The molecule has 0 aromatic heterocycles. The molecule has 88 valence electrons. The van der Waals surface area contributed by atoms with Crippen LogP contribution >= 0.6 is 0 Å². The molecule has 0 amide bonds. The Hall–Kier alpha value is -1.52. The fraction of sp³-hybridized carbons (Fsp3) is 0.364. The first-order valence-corrected chi connectivity index (χ1v) is 4.73. The lowest BCUT2D eigenvalue weighted by atomic mass is 10.1. The van der Waals surface area contributed by atoms with Crippen LogP contribution in [0.4, 0.5) is 13.2 Å². The van der Waals surface area contributed by atoms with Crippen LogP contribution in [0.15, 0.2) is 36.2 Å². The van der Waals surface area contributed by atoms with E-state index in [0.29, 0.717) is 0 Å². The van der Waals surface area contributed by atoms with E-state index in [4.69, 9.17) is 0 Å². The van der Waals surface area contributed by atoms with Crippen molar-refractivity contribution < 1.29 is 18.0 Å². The van der Waals surface area contributed by atoms with Crippen LogP contribution in [-0.2, 0) is 4.79 Å². The average molecular weight is 231 g/mol. The van der Waals surface area contributed by atoms with Gasteiger partial charge in [0.15, 0.2) is 0 Å². The summed E-state index contributed by atoms with van der Waals surface area (Å²) in [5.41, 5.74) is -0.880. The van der Waals surface area contributed by atoms with E-state index in [0.717, 1.165) is 6.08 Å². The Morgan fingerprint density at radius 2 is 2.12 bits per heavy atom. The van der Waals surface area contributed by atoms with Crippen molar-refractivity contribution in [1.82, 2.24) is 4.90 Å². The van der Waals surface area contributed by atoms with E-state index >= 15 is 0 Å². The summed E-state index contributed by atoms with van der Waals surface area (Å²) in [6, 6.07) is 0. The van der Waals surface area contributed by atoms with Crippen LogP contribution in [0.1, 0.15) is 13.3 Å². The van der Waals surface area contributed by atoms with E-state index in [1.54, 1.807) is 0 Å². The molecule has 0 unspecified atom stereocenters. The Labute approximate surface area is 91.7 Å². The van der Waals surface area contributed by atoms with Crippen molar-refractivity contribution in [3.05, 3.63) is 36.2 Å². The molecule has 1 aliphatic rings. The smallest absolute Gasteiger partial charge is 0.348 e. The molecule has 0 spiro atoms. The molecular formula is C11H12F3NO. The van der Waals surface area contributed by atoms with Gasteiger partial charge in [-0.2, -0.15) is 13.2 Å². The van der Waals surface area contributed by atoms with Crippen molar-refractivity contribution in [2.24, 2.45) is 0 Å². The highest BCUT2D eigenvalue weighted by Gasteiger charge is 2.37. The minimum Gasteiger partial charge on any atom is -0.348 e. The summed E-state index contributed by atoms with van der Waals surface area (Å²) < 4.78 is 37.5. The van der Waals surface area contributed by atoms with Crippen molar-refractivity contribution in [1.29, 1.82) is 0 Å². The number of ketones is 1. The SMILES string of the molecule is C=C1C(C(F)(F)F)=CC=CN1CCC(C)=O. The van der Waals surface area contributed by atoms with Gasteiger partial charge >= 0.3 is 6.18 Å². The maximum Gasteiger partial charge on any atom is 0.418 e. The van der Waals surface area contributed by atoms with Gasteiger partial charge in [-0.3, -0.25) is 4.79 Å². The van der Waals surface area contributed by atoms with Crippen molar-refractivity contribution >= 4 is 5.78 Å². The molecule has 0 fully saturated rings. The van der Waals surface area contributed by atoms with Gasteiger partial charge in [0.2, 0.25) is 0 Å². The topological polar surface area (TPSA) is 20.3 Å². The first-order chi connectivity index (χ1) is 7.32. The Balaban J connectivity index is 2.75. The van der Waals surface area contributed by atoms with Crippen LogP contribution in [0.3, 0.4) is 0 Å². The maximum absolute atomic E-state index is 12.5. The Morgan fingerprint density at radius 3 is 2.62 bits per heavy atom. The quantitative estimate of drug-likeness (QED) is 0.744. The largest absolute Gasteiger partial charge is 0.418 e. The maximum atomic E-state index is 12.5. The molecule has 1 aliphatic heterocycles. The lowest BCUT2D eigenvalue weighted by Gasteiger charge is -2.27. The molecule has 0 saturated carbocycles. The first kappa shape index (κ1) is 12.5. The number of rotatable bonds is 3. The van der Waals surface area contributed by atoms with Gasteiger partial charge in [-0.05, 0) is 19.1 Å². The van der Waals surface area contributed by atoms with Gasteiger partial charge in [0.1, 0.15) is 5.78 Å². The van der Waals surface area contributed by atoms with Crippen LogP contribution in [0.2, 0.25) is 0 Å². The number of carbonyl (C=O) groups excluding carboxylic acids is 1. The summed E-state index contributed by atoms with van der Waals surface area (Å²) in [6.45, 7) is 5.02. The molecule has 0 bridgehead atoms. The van der Waals surface area contributed by atoms with Crippen LogP contribution in [0.25, 0.3) is 0 Å². The minimum atomic E-state index is -4.41. The molecular weight excluding hydrogens is 219 g/mol. The third-order valence-corrected chi connectivity index (χ3v) is 2.20. The van der Waals surface area contributed by atoms with Crippen molar-refractivity contribution in [2.45, 2.75) is 19.5 Å². The standard InChI is InChI=1S/C11H12F3NO/c1-8(16)5-7-15-6-3-4-10(9(15)2)11(12,13)14/h3-4,6H,2,5,7H2,1H3. The molecule has 0 N–H and O–H groups in total. The zero-order chi connectivity index (χ0) is 12.3. The van der Waals surface area contributed by atoms with Gasteiger partial charge in [-0.25, -0.2) is 0 Å². The lowest BCUT2D eigenvalue weighted by molar-refractivity contribution is -0.117. The predicted molar refractivity (Wildman–Crippen MR) is 54.4 cm³/mol. The van der Waals surface area contributed by atoms with Crippen LogP contribution in [0.5, 0.6) is 0 Å². The molecule has 1 rings (SSSR count). The molecule has 2 nitrogen and oxygen atoms in total. The highest BCUT2D eigenvalue weighted by Crippen LogP contribution is 2.34. The molecule has 0 aromatic carbocycles. The molecule has 1 heterocycles. The molecule has 0 radical (unpaired) electrons. The monoisotopic (exact) mass is 231 g/mol. The fourth-order valence-electron chi connectivity index (χ4n) is 1.33. The van der Waals surface area contributed by atoms with E-state index in [1.165, 1.54) is 24.1 Å². The zero-order valence-electron chi connectivity index (χ0n) is 8.84. The van der Waals surface area contributed by atoms with Gasteiger partial charge in [0.05, 0.1) is 5.57 Å². The zero-order valence-corrected chi connectivity index (χ0v) is 8.84. The van der Waals surface area contributed by atoms with E-state index in [2.05, 4.69) is 6.58 Å². The van der Waals surface area contributed by atoms with Gasteiger partial charge < -0.3 is 4.90 Å². The normalized spacial score (nSPS) is 16.4. The number of hydrogen-bond donors (Lipinski definition) is 0. The number of hydrogen-bond acceptors (Lipinski definition) is 2. The summed E-state index contributed by atoms with van der Waals surface area (Å²) in [4.78, 5) is 12.1. The highest BCUT2D eigenvalue weighted by molar-refractivity contribution is 5.75. The van der Waals surface area contributed by atoms with Crippen LogP contribution in [0, 0.1) is 0 Å². The van der Waals surface area contributed by atoms with E-state index < -0.39 is 11.7 Å². The summed E-state index contributed by atoms with van der Waals surface area (Å²) in [6.07, 6.45) is -0.435. The van der Waals surface area contributed by atoms with E-state index in [1.807, 2.05) is 0 Å². The van der Waals surface area contributed by atoms with E-state index in [9.17, 15) is 18.0 Å². The Bertz CT molecular complexity index is 366. The van der Waals surface area contributed by atoms with Crippen molar-refractivity contribution in [3.8, 4) is 0 Å². The minimum absolute atomic E-state index is 0.0655. The first-order valence-electron chi connectivity index (χ1n) is 4.73. The van der Waals surface area contributed by atoms with Crippen LogP contribution in [-0.4, -0.2) is 23.4 Å². The number of nitrogens with zero attached hydrogens (tertiary/aromatic N) is 1. The number of carbonyl (C=O) groups is 1. The van der Waals surface area contributed by atoms with Crippen molar-refractivity contribution in [2.75, 3.05) is 6.54 Å². The summed E-state index contributed by atoms with van der Waals surface area (Å²) >= 11 is 0. The molecule has 5 heteroatoms. The average Bonchev–Trinajstić information content (AvgIpc) is 2.14. The van der Waals surface area contributed by atoms with Gasteiger partial charge in [-0.15, -0.1) is 0 Å². The Morgan fingerprint density at radius 1 is 1.50 bits per heavy atom. The van der Waals surface area contributed by atoms with Crippen molar-refractivity contribution in [3.63, 3.8) is 0 Å². The second-order valence-corrected chi connectivity index (χ2v) is 3.51. The summed E-state index contributed by atoms with van der Waals surface area (Å²) in [7, 11) is 0.